The first kappa shape index (κ1) is 13.7. The Morgan fingerprint density at radius 2 is 2.31 bits per heavy atom. The Balaban J connectivity index is 2.31. The zero-order valence-electron chi connectivity index (χ0n) is 11.3. The number of likely N-dealkylation sites (tertiary alicyclic amines) is 1. The van der Waals surface area contributed by atoms with E-state index in [1.54, 1.807) is 0 Å². The molecule has 1 saturated heterocycles. The lowest BCUT2D eigenvalue weighted by Gasteiger charge is -2.36. The van der Waals surface area contributed by atoms with Gasteiger partial charge in [0, 0.05) is 19.1 Å². The summed E-state index contributed by atoms with van der Waals surface area (Å²) in [4.78, 5) is 2.62. The summed E-state index contributed by atoms with van der Waals surface area (Å²) in [7, 11) is 0. The number of piperidine rings is 1. The molecule has 2 unspecified atom stereocenters. The minimum atomic E-state index is 0.622. The Morgan fingerprint density at radius 3 is 2.94 bits per heavy atom. The third-order valence-corrected chi connectivity index (χ3v) is 3.51. The first-order chi connectivity index (χ1) is 7.63. The SMILES string of the molecule is C=C(C)CNC(C)C1CCCN(CCC)C1. The van der Waals surface area contributed by atoms with Gasteiger partial charge in [-0.2, -0.15) is 0 Å². The molecule has 2 heteroatoms. The van der Waals surface area contributed by atoms with Crippen molar-refractivity contribution in [3.63, 3.8) is 0 Å². The molecule has 2 nitrogen and oxygen atoms in total. The summed E-state index contributed by atoms with van der Waals surface area (Å²) in [5.41, 5.74) is 1.23. The van der Waals surface area contributed by atoms with Crippen molar-refractivity contribution in [2.24, 2.45) is 5.92 Å². The van der Waals surface area contributed by atoms with Crippen LogP contribution in [0.15, 0.2) is 12.2 Å². The van der Waals surface area contributed by atoms with Crippen molar-refractivity contribution in [3.8, 4) is 0 Å². The van der Waals surface area contributed by atoms with Crippen LogP contribution < -0.4 is 5.32 Å². The summed E-state index contributed by atoms with van der Waals surface area (Å²) < 4.78 is 0. The van der Waals surface area contributed by atoms with E-state index >= 15 is 0 Å². The number of nitrogens with zero attached hydrogens (tertiary/aromatic N) is 1. The molecule has 16 heavy (non-hydrogen) atoms. The highest BCUT2D eigenvalue weighted by Gasteiger charge is 2.23. The van der Waals surface area contributed by atoms with Crippen LogP contribution in [0, 0.1) is 5.92 Å². The van der Waals surface area contributed by atoms with E-state index in [0.29, 0.717) is 6.04 Å². The fraction of sp³-hybridized carbons (Fsp3) is 0.857. The predicted molar refractivity (Wildman–Crippen MR) is 71.7 cm³/mol. The van der Waals surface area contributed by atoms with Crippen molar-refractivity contribution in [3.05, 3.63) is 12.2 Å². The van der Waals surface area contributed by atoms with Crippen LogP contribution in [0.4, 0.5) is 0 Å². The Hall–Kier alpha value is -0.340. The van der Waals surface area contributed by atoms with E-state index in [0.717, 1.165) is 12.5 Å². The third kappa shape index (κ3) is 4.67. The van der Waals surface area contributed by atoms with Gasteiger partial charge in [-0.25, -0.2) is 0 Å². The van der Waals surface area contributed by atoms with Gasteiger partial charge in [-0.15, -0.1) is 0 Å². The highest BCUT2D eigenvalue weighted by Crippen LogP contribution is 2.19. The van der Waals surface area contributed by atoms with Gasteiger partial charge >= 0.3 is 0 Å². The van der Waals surface area contributed by atoms with Gasteiger partial charge in [0.15, 0.2) is 0 Å². The molecular weight excluding hydrogens is 196 g/mol. The number of hydrogen-bond acceptors (Lipinski definition) is 2. The van der Waals surface area contributed by atoms with Crippen molar-refractivity contribution in [1.82, 2.24) is 10.2 Å². The summed E-state index contributed by atoms with van der Waals surface area (Å²) in [6.45, 7) is 15.4. The van der Waals surface area contributed by atoms with Crippen molar-refractivity contribution in [2.75, 3.05) is 26.2 Å². The second-order valence-corrected chi connectivity index (χ2v) is 5.33. The summed E-state index contributed by atoms with van der Waals surface area (Å²) in [6, 6.07) is 0.622. The molecule has 0 saturated carbocycles. The van der Waals surface area contributed by atoms with Gasteiger partial charge in [0.2, 0.25) is 0 Å². The predicted octanol–water partition coefficient (Wildman–Crippen LogP) is 2.66. The number of rotatable bonds is 6. The van der Waals surface area contributed by atoms with Gasteiger partial charge in [-0.3, -0.25) is 0 Å². The van der Waals surface area contributed by atoms with Crippen LogP contribution in [0.2, 0.25) is 0 Å². The van der Waals surface area contributed by atoms with Crippen molar-refractivity contribution in [2.45, 2.75) is 46.1 Å². The lowest BCUT2D eigenvalue weighted by Crippen LogP contribution is -2.44. The Morgan fingerprint density at radius 1 is 1.56 bits per heavy atom. The standard InChI is InChI=1S/C14H28N2/c1-5-8-16-9-6-7-14(11-16)13(4)15-10-12(2)3/h13-15H,2,5-11H2,1,3-4H3. The molecule has 0 aromatic carbocycles. The van der Waals surface area contributed by atoms with E-state index in [4.69, 9.17) is 0 Å². The fourth-order valence-corrected chi connectivity index (χ4v) is 2.52. The molecule has 0 aromatic heterocycles. The largest absolute Gasteiger partial charge is 0.310 e. The molecule has 0 radical (unpaired) electrons. The lowest BCUT2D eigenvalue weighted by molar-refractivity contribution is 0.152. The first-order valence-corrected chi connectivity index (χ1v) is 6.73. The van der Waals surface area contributed by atoms with Gasteiger partial charge in [-0.05, 0) is 52.1 Å². The molecule has 1 N–H and O–H groups in total. The van der Waals surface area contributed by atoms with Crippen LogP contribution in [0.5, 0.6) is 0 Å². The molecule has 1 rings (SSSR count). The maximum absolute atomic E-state index is 3.94. The van der Waals surface area contributed by atoms with Crippen LogP contribution in [0.1, 0.15) is 40.0 Å². The minimum absolute atomic E-state index is 0.622. The molecule has 1 aliphatic heterocycles. The maximum atomic E-state index is 3.94. The minimum Gasteiger partial charge on any atom is -0.310 e. The maximum Gasteiger partial charge on any atom is 0.0161 e. The second kappa shape index (κ2) is 7.08. The molecule has 0 bridgehead atoms. The Bertz CT molecular complexity index is 211. The van der Waals surface area contributed by atoms with E-state index in [1.165, 1.54) is 44.5 Å². The molecular formula is C14H28N2. The van der Waals surface area contributed by atoms with Crippen LogP contribution in [-0.2, 0) is 0 Å². The van der Waals surface area contributed by atoms with Gasteiger partial charge in [-0.1, -0.05) is 19.1 Å². The van der Waals surface area contributed by atoms with Crippen molar-refractivity contribution in [1.29, 1.82) is 0 Å². The zero-order valence-corrected chi connectivity index (χ0v) is 11.3. The second-order valence-electron chi connectivity index (χ2n) is 5.33. The highest BCUT2D eigenvalue weighted by atomic mass is 15.1. The van der Waals surface area contributed by atoms with E-state index in [1.807, 2.05) is 0 Å². The summed E-state index contributed by atoms with van der Waals surface area (Å²) in [6.07, 6.45) is 4.02. The molecule has 0 aliphatic carbocycles. The average molecular weight is 224 g/mol. The van der Waals surface area contributed by atoms with Gasteiger partial charge in [0.25, 0.3) is 0 Å². The summed E-state index contributed by atoms with van der Waals surface area (Å²) in [5.74, 6) is 0.819. The summed E-state index contributed by atoms with van der Waals surface area (Å²) in [5, 5.41) is 3.59. The van der Waals surface area contributed by atoms with E-state index in [-0.39, 0.29) is 0 Å². The molecule has 0 spiro atoms. The van der Waals surface area contributed by atoms with Crippen molar-refractivity contribution < 1.29 is 0 Å². The fourth-order valence-electron chi connectivity index (χ4n) is 2.52. The van der Waals surface area contributed by atoms with Crippen LogP contribution in [0.3, 0.4) is 0 Å². The summed E-state index contributed by atoms with van der Waals surface area (Å²) >= 11 is 0. The van der Waals surface area contributed by atoms with Crippen LogP contribution in [0.25, 0.3) is 0 Å². The molecule has 1 aliphatic rings. The molecule has 1 fully saturated rings. The molecule has 0 aromatic rings. The molecule has 94 valence electrons. The van der Waals surface area contributed by atoms with Crippen LogP contribution in [-0.4, -0.2) is 37.1 Å². The zero-order chi connectivity index (χ0) is 12.0. The number of hydrogen-bond donors (Lipinski definition) is 1. The van der Waals surface area contributed by atoms with E-state index < -0.39 is 0 Å². The third-order valence-electron chi connectivity index (χ3n) is 3.51. The van der Waals surface area contributed by atoms with Gasteiger partial charge in [0.05, 0.1) is 0 Å². The van der Waals surface area contributed by atoms with Gasteiger partial charge < -0.3 is 10.2 Å². The molecule has 2 atom stereocenters. The van der Waals surface area contributed by atoms with E-state index in [9.17, 15) is 0 Å². The monoisotopic (exact) mass is 224 g/mol. The van der Waals surface area contributed by atoms with Gasteiger partial charge in [0.1, 0.15) is 0 Å². The smallest absolute Gasteiger partial charge is 0.0161 e. The first-order valence-electron chi connectivity index (χ1n) is 6.73. The van der Waals surface area contributed by atoms with Crippen LogP contribution >= 0.6 is 0 Å². The highest BCUT2D eigenvalue weighted by molar-refractivity contribution is 4.92. The molecule has 0 amide bonds. The normalized spacial score (nSPS) is 24.3. The Kier molecular flexibility index (Phi) is 6.07. The van der Waals surface area contributed by atoms with Crippen molar-refractivity contribution >= 4 is 0 Å². The quantitative estimate of drug-likeness (QED) is 0.698. The topological polar surface area (TPSA) is 15.3 Å². The average Bonchev–Trinajstić information content (AvgIpc) is 2.26. The molecule has 1 heterocycles. The lowest BCUT2D eigenvalue weighted by atomic mass is 9.91. The van der Waals surface area contributed by atoms with E-state index in [2.05, 4.69) is 37.6 Å². The number of nitrogens with one attached hydrogen (secondary N) is 1. The Labute approximate surface area is 101 Å².